The molecule has 6 nitrogen and oxygen atoms in total. The lowest BCUT2D eigenvalue weighted by Gasteiger charge is -2.34. The van der Waals surface area contributed by atoms with E-state index in [-0.39, 0.29) is 11.8 Å². The molecule has 6 aromatic carbocycles. The zero-order chi connectivity index (χ0) is 40.8. The van der Waals surface area contributed by atoms with Gasteiger partial charge in [-0.3, -0.25) is 0 Å². The maximum absolute atomic E-state index is 6.34. The van der Waals surface area contributed by atoms with Gasteiger partial charge in [0.15, 0.2) is 0 Å². The monoisotopic (exact) mass is 780 g/mol. The second-order valence-corrected chi connectivity index (χ2v) is 15.9. The lowest BCUT2D eigenvalue weighted by molar-refractivity contribution is 0.415. The minimum atomic E-state index is -0.203. The van der Waals surface area contributed by atoms with Crippen molar-refractivity contribution in [2.75, 3.05) is 14.2 Å². The van der Waals surface area contributed by atoms with Gasteiger partial charge in [-0.2, -0.15) is 0 Å². The summed E-state index contributed by atoms with van der Waals surface area (Å²) >= 11 is 0. The number of fused-ring (bicyclic) bond motifs is 12. The predicted molar refractivity (Wildman–Crippen MR) is 247 cm³/mol. The van der Waals surface area contributed by atoms with Crippen LogP contribution in [0, 0.1) is 24.7 Å². The van der Waals surface area contributed by atoms with Crippen molar-refractivity contribution in [2.24, 2.45) is 0 Å². The average molecular weight is 781 g/mol. The highest BCUT2D eigenvalue weighted by atomic mass is 16.5. The van der Waals surface area contributed by atoms with Crippen molar-refractivity contribution in [3.8, 4) is 36.2 Å². The molecule has 4 aromatic heterocycles. The molecule has 1 aliphatic rings. The van der Waals surface area contributed by atoms with Crippen LogP contribution in [0.1, 0.15) is 59.3 Å². The van der Waals surface area contributed by atoms with Gasteiger partial charge in [0, 0.05) is 89.9 Å². The first-order valence-electron chi connectivity index (χ1n) is 20.8. The largest absolute Gasteiger partial charge is 0.497 e. The van der Waals surface area contributed by atoms with E-state index < -0.39 is 0 Å². The van der Waals surface area contributed by atoms with Crippen molar-refractivity contribution in [2.45, 2.75) is 51.9 Å². The van der Waals surface area contributed by atoms with E-state index in [1.165, 1.54) is 77.3 Å². The number of benzene rings is 6. The Morgan fingerprint density at radius 3 is 1.23 bits per heavy atom. The first kappa shape index (κ1) is 35.8. The molecule has 0 aliphatic heterocycles. The molecule has 292 valence electrons. The summed E-state index contributed by atoms with van der Waals surface area (Å²) in [5.74, 6) is 7.32. The van der Waals surface area contributed by atoms with E-state index in [1.807, 2.05) is 12.1 Å². The fourth-order valence-corrected chi connectivity index (χ4v) is 10.9. The van der Waals surface area contributed by atoms with Gasteiger partial charge in [-0.25, -0.2) is 0 Å². The molecule has 0 saturated carbocycles. The van der Waals surface area contributed by atoms with E-state index >= 15 is 0 Å². The van der Waals surface area contributed by atoms with Crippen molar-refractivity contribution in [3.63, 3.8) is 0 Å². The minimum Gasteiger partial charge on any atom is -0.497 e. The van der Waals surface area contributed by atoms with Crippen molar-refractivity contribution in [3.05, 3.63) is 155 Å². The number of terminal acetylenes is 2. The SMILES string of the molecule is C#CCn1c2c(c3cc(OC)ccc31)C(c1ccc3c(c1)c1ccccc1n3CC)c1c(c3cc(OC)ccc3n1CC#C)C2c1ccc2c(c1)c1ccccc1n2CC. The van der Waals surface area contributed by atoms with Crippen LogP contribution in [-0.4, -0.2) is 32.5 Å². The van der Waals surface area contributed by atoms with E-state index in [1.54, 1.807) is 14.2 Å². The smallest absolute Gasteiger partial charge is 0.119 e. The average Bonchev–Trinajstić information content (AvgIpc) is 4.00. The summed E-state index contributed by atoms with van der Waals surface area (Å²) in [7, 11) is 3.48. The van der Waals surface area contributed by atoms with Crippen LogP contribution in [0.5, 0.6) is 11.5 Å². The Bertz CT molecular complexity index is 3250. The van der Waals surface area contributed by atoms with Gasteiger partial charge in [0.05, 0.1) is 39.1 Å². The Hall–Kier alpha value is -7.28. The summed E-state index contributed by atoms with van der Waals surface area (Å²) in [6.07, 6.45) is 12.7. The number of nitrogens with zero attached hydrogens (tertiary/aromatic N) is 4. The van der Waals surface area contributed by atoms with Crippen LogP contribution in [0.25, 0.3) is 65.4 Å². The number of hydrogen-bond donors (Lipinski definition) is 0. The van der Waals surface area contributed by atoms with Gasteiger partial charge >= 0.3 is 0 Å². The summed E-state index contributed by atoms with van der Waals surface area (Å²) in [4.78, 5) is 0. The van der Waals surface area contributed by atoms with Crippen molar-refractivity contribution < 1.29 is 9.47 Å². The number of aryl methyl sites for hydroxylation is 2. The van der Waals surface area contributed by atoms with Crippen LogP contribution in [0.2, 0.25) is 0 Å². The number of rotatable bonds is 8. The first-order chi connectivity index (χ1) is 29.5. The summed E-state index contributed by atoms with van der Waals surface area (Å²) in [6, 6.07) is 44.5. The van der Waals surface area contributed by atoms with E-state index in [0.29, 0.717) is 13.1 Å². The summed E-state index contributed by atoms with van der Waals surface area (Å²) in [5.41, 5.74) is 14.3. The molecule has 0 amide bonds. The molecule has 4 heterocycles. The van der Waals surface area contributed by atoms with Crippen molar-refractivity contribution >= 4 is 65.4 Å². The van der Waals surface area contributed by atoms with Crippen LogP contribution >= 0.6 is 0 Å². The maximum Gasteiger partial charge on any atom is 0.119 e. The fourth-order valence-electron chi connectivity index (χ4n) is 10.9. The normalized spacial score (nSPS) is 14.9. The molecule has 2 atom stereocenters. The highest BCUT2D eigenvalue weighted by Crippen LogP contribution is 2.56. The van der Waals surface area contributed by atoms with Crippen LogP contribution in [0.3, 0.4) is 0 Å². The first-order valence-corrected chi connectivity index (χ1v) is 20.8. The number of aromatic nitrogens is 4. The predicted octanol–water partition coefficient (Wildman–Crippen LogP) is 11.8. The molecule has 0 spiro atoms. The van der Waals surface area contributed by atoms with Crippen LogP contribution in [0.4, 0.5) is 0 Å². The van der Waals surface area contributed by atoms with Gasteiger partial charge in [0.1, 0.15) is 11.5 Å². The number of ether oxygens (including phenoxy) is 2. The molecule has 60 heavy (non-hydrogen) atoms. The second kappa shape index (κ2) is 13.7. The van der Waals surface area contributed by atoms with Crippen molar-refractivity contribution in [1.82, 2.24) is 18.3 Å². The third-order valence-electron chi connectivity index (χ3n) is 13.2. The third kappa shape index (κ3) is 4.85. The molecule has 0 bridgehead atoms. The van der Waals surface area contributed by atoms with Gasteiger partial charge in [-0.05, 0) is 109 Å². The molecule has 10 aromatic rings. The lowest BCUT2D eigenvalue weighted by Crippen LogP contribution is -2.24. The fraction of sp³-hybridized carbons (Fsp3) is 0.185. The highest BCUT2D eigenvalue weighted by Gasteiger charge is 2.43. The number of para-hydroxylation sites is 2. The molecular weight excluding hydrogens is 737 g/mol. The van der Waals surface area contributed by atoms with E-state index in [2.05, 4.69) is 153 Å². The van der Waals surface area contributed by atoms with Crippen LogP contribution in [0.15, 0.2) is 121 Å². The minimum absolute atomic E-state index is 0.203. The van der Waals surface area contributed by atoms with E-state index in [4.69, 9.17) is 22.3 Å². The summed E-state index contributed by atoms with van der Waals surface area (Å²) < 4.78 is 21.5. The summed E-state index contributed by atoms with van der Waals surface area (Å²) in [6.45, 7) is 7.00. The second-order valence-electron chi connectivity index (χ2n) is 15.9. The molecule has 6 heteroatoms. The van der Waals surface area contributed by atoms with E-state index in [0.717, 1.165) is 46.4 Å². The number of methoxy groups -OCH3 is 2. The molecule has 0 fully saturated rings. The summed E-state index contributed by atoms with van der Waals surface area (Å²) in [5, 5.41) is 7.20. The lowest BCUT2D eigenvalue weighted by atomic mass is 9.72. The third-order valence-corrected chi connectivity index (χ3v) is 13.2. The van der Waals surface area contributed by atoms with Gasteiger partial charge in [-0.15, -0.1) is 12.8 Å². The quantitative estimate of drug-likeness (QED) is 0.144. The van der Waals surface area contributed by atoms with Gasteiger partial charge in [-0.1, -0.05) is 60.4 Å². The molecule has 0 saturated heterocycles. The van der Waals surface area contributed by atoms with E-state index in [9.17, 15) is 0 Å². The van der Waals surface area contributed by atoms with Gasteiger partial charge in [0.25, 0.3) is 0 Å². The Morgan fingerprint density at radius 2 is 0.833 bits per heavy atom. The topological polar surface area (TPSA) is 38.2 Å². The standard InChI is InChI=1S/C54H44N4O2/c1-7-27-57-47-25-21-35(59-5)31-41(47)51-50(34-20-24-46-40(30-34)38-16-12-14-18-44(38)56(46)10-4)54-52(42-32-36(60-6)22-26-48(42)58(54)28-8-2)49(53(51)57)33-19-23-45-39(29-33)37-15-11-13-17-43(37)55(45)9-3/h1-2,11-26,29-32,49-50H,9-10,27-28H2,3-6H3. The molecule has 0 radical (unpaired) electrons. The van der Waals surface area contributed by atoms with Crippen molar-refractivity contribution in [1.29, 1.82) is 0 Å². The maximum atomic E-state index is 6.34. The Kier molecular flexibility index (Phi) is 8.16. The van der Waals surface area contributed by atoms with Gasteiger partial charge in [0.2, 0.25) is 0 Å². The molecule has 11 rings (SSSR count). The molecule has 1 aliphatic carbocycles. The highest BCUT2D eigenvalue weighted by molar-refractivity contribution is 6.10. The molecular formula is C54H44N4O2. The molecule has 0 N–H and O–H groups in total. The van der Waals surface area contributed by atoms with Crippen LogP contribution < -0.4 is 9.47 Å². The number of hydrogen-bond acceptors (Lipinski definition) is 2. The molecule has 2 unspecified atom stereocenters. The Morgan fingerprint density at radius 1 is 0.450 bits per heavy atom. The van der Waals surface area contributed by atoms with Crippen LogP contribution in [-0.2, 0) is 26.2 Å². The Balaban J connectivity index is 1.33. The zero-order valence-corrected chi connectivity index (χ0v) is 34.3. The zero-order valence-electron chi connectivity index (χ0n) is 34.3. The van der Waals surface area contributed by atoms with Gasteiger partial charge < -0.3 is 27.7 Å². The Labute approximate surface area is 349 Å².